The molecule has 0 spiro atoms. The highest BCUT2D eigenvalue weighted by molar-refractivity contribution is 5.69. The van der Waals surface area contributed by atoms with Gasteiger partial charge in [0.1, 0.15) is 0 Å². The zero-order chi connectivity index (χ0) is 11.5. The van der Waals surface area contributed by atoms with Crippen molar-refractivity contribution >= 4 is 5.97 Å². The number of unbranched alkanes of at least 4 members (excludes halogenated alkanes) is 4. The summed E-state index contributed by atoms with van der Waals surface area (Å²) in [4.78, 5) is 11.0. The standard InChI is InChI=1S/C12H24O3/c1-4-5-6-7-8-9-11(14-2)10-12(13)15-3/h11H,4-10H2,1-3H3. The minimum Gasteiger partial charge on any atom is -0.469 e. The maximum Gasteiger partial charge on any atom is 0.308 e. The van der Waals surface area contributed by atoms with Crippen LogP contribution in [0.25, 0.3) is 0 Å². The summed E-state index contributed by atoms with van der Waals surface area (Å²) in [6.45, 7) is 2.20. The van der Waals surface area contributed by atoms with Crippen molar-refractivity contribution in [1.82, 2.24) is 0 Å². The third kappa shape index (κ3) is 8.43. The highest BCUT2D eigenvalue weighted by Crippen LogP contribution is 2.11. The number of hydrogen-bond acceptors (Lipinski definition) is 3. The lowest BCUT2D eigenvalue weighted by molar-refractivity contribution is -0.143. The molecule has 0 heterocycles. The van der Waals surface area contributed by atoms with Crippen LogP contribution < -0.4 is 0 Å². The maximum atomic E-state index is 11.0. The van der Waals surface area contributed by atoms with Gasteiger partial charge in [0, 0.05) is 7.11 Å². The Balaban J connectivity index is 3.48. The Hall–Kier alpha value is -0.570. The molecule has 1 atom stereocenters. The summed E-state index contributed by atoms with van der Waals surface area (Å²) >= 11 is 0. The van der Waals surface area contributed by atoms with Crippen molar-refractivity contribution in [3.63, 3.8) is 0 Å². The first-order chi connectivity index (χ1) is 7.24. The van der Waals surface area contributed by atoms with Crippen molar-refractivity contribution in [3.05, 3.63) is 0 Å². The van der Waals surface area contributed by atoms with E-state index in [-0.39, 0.29) is 12.1 Å². The Morgan fingerprint density at radius 2 is 1.80 bits per heavy atom. The highest BCUT2D eigenvalue weighted by atomic mass is 16.5. The number of rotatable bonds is 9. The van der Waals surface area contributed by atoms with E-state index in [1.165, 1.54) is 32.8 Å². The van der Waals surface area contributed by atoms with Gasteiger partial charge < -0.3 is 9.47 Å². The second-order valence-corrected chi connectivity index (χ2v) is 3.84. The summed E-state index contributed by atoms with van der Waals surface area (Å²) in [7, 11) is 3.07. The van der Waals surface area contributed by atoms with Crippen LogP contribution in [0.4, 0.5) is 0 Å². The number of hydrogen-bond donors (Lipinski definition) is 0. The molecule has 0 aliphatic heterocycles. The third-order valence-electron chi connectivity index (χ3n) is 2.58. The van der Waals surface area contributed by atoms with Gasteiger partial charge in [0.2, 0.25) is 0 Å². The number of carbonyl (C=O) groups excluding carboxylic acids is 1. The molecule has 0 aromatic heterocycles. The van der Waals surface area contributed by atoms with Crippen molar-refractivity contribution in [2.75, 3.05) is 14.2 Å². The van der Waals surface area contributed by atoms with Crippen LogP contribution in [0.15, 0.2) is 0 Å². The summed E-state index contributed by atoms with van der Waals surface area (Å²) in [6.07, 6.45) is 7.56. The fourth-order valence-electron chi connectivity index (χ4n) is 1.55. The topological polar surface area (TPSA) is 35.5 Å². The number of esters is 1. The molecule has 0 rings (SSSR count). The van der Waals surface area contributed by atoms with Crippen LogP contribution in [0.3, 0.4) is 0 Å². The van der Waals surface area contributed by atoms with Gasteiger partial charge in [0.25, 0.3) is 0 Å². The van der Waals surface area contributed by atoms with Crippen molar-refractivity contribution in [2.24, 2.45) is 0 Å². The monoisotopic (exact) mass is 216 g/mol. The fourth-order valence-corrected chi connectivity index (χ4v) is 1.55. The molecule has 0 aliphatic carbocycles. The number of methoxy groups -OCH3 is 2. The predicted molar refractivity (Wildman–Crippen MR) is 60.8 cm³/mol. The van der Waals surface area contributed by atoms with Gasteiger partial charge in [-0.15, -0.1) is 0 Å². The van der Waals surface area contributed by atoms with Gasteiger partial charge in [-0.3, -0.25) is 4.79 Å². The molecule has 15 heavy (non-hydrogen) atoms. The van der Waals surface area contributed by atoms with E-state index in [0.717, 1.165) is 12.8 Å². The molecule has 90 valence electrons. The summed E-state index contributed by atoms with van der Waals surface area (Å²) < 4.78 is 9.84. The average molecular weight is 216 g/mol. The lowest BCUT2D eigenvalue weighted by Crippen LogP contribution is -2.17. The minimum absolute atomic E-state index is 0.0269. The van der Waals surface area contributed by atoms with Crippen LogP contribution in [-0.4, -0.2) is 26.3 Å². The van der Waals surface area contributed by atoms with E-state index in [2.05, 4.69) is 11.7 Å². The Bertz CT molecular complexity index is 157. The molecule has 0 saturated heterocycles. The average Bonchev–Trinajstić information content (AvgIpc) is 2.26. The number of carbonyl (C=O) groups is 1. The Morgan fingerprint density at radius 3 is 2.33 bits per heavy atom. The van der Waals surface area contributed by atoms with Gasteiger partial charge in [-0.05, 0) is 6.42 Å². The SMILES string of the molecule is CCCCCCCC(CC(=O)OC)OC. The van der Waals surface area contributed by atoms with Crippen LogP contribution in [0.5, 0.6) is 0 Å². The van der Waals surface area contributed by atoms with Gasteiger partial charge in [-0.25, -0.2) is 0 Å². The van der Waals surface area contributed by atoms with Crippen LogP contribution in [0.2, 0.25) is 0 Å². The zero-order valence-electron chi connectivity index (χ0n) is 10.3. The Labute approximate surface area is 93.1 Å². The summed E-state index contributed by atoms with van der Waals surface area (Å²) in [6, 6.07) is 0. The number of ether oxygens (including phenoxy) is 2. The lowest BCUT2D eigenvalue weighted by Gasteiger charge is -2.13. The molecule has 0 aromatic rings. The second-order valence-electron chi connectivity index (χ2n) is 3.84. The largest absolute Gasteiger partial charge is 0.469 e. The molecular formula is C12H24O3. The van der Waals surface area contributed by atoms with Crippen molar-refractivity contribution in [1.29, 1.82) is 0 Å². The van der Waals surface area contributed by atoms with E-state index in [1.54, 1.807) is 7.11 Å². The Kier molecular flexibility index (Phi) is 9.59. The smallest absolute Gasteiger partial charge is 0.308 e. The van der Waals surface area contributed by atoms with Crippen LogP contribution in [0, 0.1) is 0 Å². The molecule has 0 N–H and O–H groups in total. The van der Waals surface area contributed by atoms with Crippen molar-refractivity contribution in [3.8, 4) is 0 Å². The maximum absolute atomic E-state index is 11.0. The molecule has 0 radical (unpaired) electrons. The van der Waals surface area contributed by atoms with Gasteiger partial charge in [-0.1, -0.05) is 39.0 Å². The second kappa shape index (κ2) is 9.97. The molecule has 0 aromatic carbocycles. The summed E-state index contributed by atoms with van der Waals surface area (Å²) in [5.74, 6) is -0.185. The quantitative estimate of drug-likeness (QED) is 0.439. The van der Waals surface area contributed by atoms with E-state index >= 15 is 0 Å². The first-order valence-corrected chi connectivity index (χ1v) is 5.84. The minimum atomic E-state index is -0.185. The van der Waals surface area contributed by atoms with E-state index in [4.69, 9.17) is 4.74 Å². The molecule has 0 saturated carbocycles. The normalized spacial score (nSPS) is 12.5. The Morgan fingerprint density at radius 1 is 1.13 bits per heavy atom. The van der Waals surface area contributed by atoms with E-state index in [1.807, 2.05) is 0 Å². The van der Waals surface area contributed by atoms with Gasteiger partial charge in [-0.2, -0.15) is 0 Å². The van der Waals surface area contributed by atoms with E-state index in [9.17, 15) is 4.79 Å². The van der Waals surface area contributed by atoms with Gasteiger partial charge >= 0.3 is 5.97 Å². The van der Waals surface area contributed by atoms with Gasteiger partial charge in [0.15, 0.2) is 0 Å². The molecule has 0 fully saturated rings. The van der Waals surface area contributed by atoms with E-state index in [0.29, 0.717) is 6.42 Å². The lowest BCUT2D eigenvalue weighted by atomic mass is 10.1. The molecule has 0 amide bonds. The van der Waals surface area contributed by atoms with Gasteiger partial charge in [0.05, 0.1) is 19.6 Å². The van der Waals surface area contributed by atoms with Crippen molar-refractivity contribution < 1.29 is 14.3 Å². The fraction of sp³-hybridized carbons (Fsp3) is 0.917. The molecule has 3 nitrogen and oxygen atoms in total. The predicted octanol–water partition coefficient (Wildman–Crippen LogP) is 2.93. The molecule has 0 aliphatic rings. The van der Waals surface area contributed by atoms with E-state index < -0.39 is 0 Å². The summed E-state index contributed by atoms with van der Waals surface area (Å²) in [5, 5.41) is 0. The molecule has 0 bridgehead atoms. The highest BCUT2D eigenvalue weighted by Gasteiger charge is 2.12. The summed E-state index contributed by atoms with van der Waals surface area (Å²) in [5.41, 5.74) is 0. The third-order valence-corrected chi connectivity index (χ3v) is 2.58. The van der Waals surface area contributed by atoms with Crippen LogP contribution in [-0.2, 0) is 14.3 Å². The van der Waals surface area contributed by atoms with Crippen LogP contribution >= 0.6 is 0 Å². The first kappa shape index (κ1) is 14.4. The zero-order valence-corrected chi connectivity index (χ0v) is 10.3. The van der Waals surface area contributed by atoms with Crippen molar-refractivity contribution in [2.45, 2.75) is 58.0 Å². The first-order valence-electron chi connectivity index (χ1n) is 5.84. The van der Waals surface area contributed by atoms with Crippen LogP contribution in [0.1, 0.15) is 51.9 Å². The molecule has 3 heteroatoms. The molecular weight excluding hydrogens is 192 g/mol. The molecule has 1 unspecified atom stereocenters.